The standard InChI is InChI=1S/C13H23NO4.ClH/c1-8(2)17-11(15)13(5-10(6-13)7-14)12(16)18-9(3)4;/h8-10H,5-7,14H2,1-4H3;1H. The van der Waals surface area contributed by atoms with Crippen LogP contribution in [0.5, 0.6) is 0 Å². The molecular formula is C13H24ClNO4. The summed E-state index contributed by atoms with van der Waals surface area (Å²) in [6.07, 6.45) is 0.387. The summed E-state index contributed by atoms with van der Waals surface area (Å²) in [7, 11) is 0. The number of carbonyl (C=O) groups excluding carboxylic acids is 2. The number of carbonyl (C=O) groups is 2. The quantitative estimate of drug-likeness (QED) is 0.616. The molecule has 0 spiro atoms. The Morgan fingerprint density at radius 1 is 1.11 bits per heavy atom. The minimum absolute atomic E-state index is 0. The van der Waals surface area contributed by atoms with E-state index in [0.717, 1.165) is 0 Å². The van der Waals surface area contributed by atoms with Crippen LogP contribution in [-0.2, 0) is 19.1 Å². The lowest BCUT2D eigenvalue weighted by Crippen LogP contribution is -2.54. The molecule has 1 rings (SSSR count). The Labute approximate surface area is 120 Å². The maximum Gasteiger partial charge on any atom is 0.323 e. The van der Waals surface area contributed by atoms with Crippen molar-refractivity contribution in [3.63, 3.8) is 0 Å². The summed E-state index contributed by atoms with van der Waals surface area (Å²) in [5.41, 5.74) is 4.43. The zero-order valence-electron chi connectivity index (χ0n) is 12.0. The van der Waals surface area contributed by atoms with Gasteiger partial charge in [-0.1, -0.05) is 0 Å². The average molecular weight is 294 g/mol. The van der Waals surface area contributed by atoms with Crippen LogP contribution in [0.1, 0.15) is 40.5 Å². The van der Waals surface area contributed by atoms with E-state index >= 15 is 0 Å². The first kappa shape index (κ1) is 18.2. The van der Waals surface area contributed by atoms with Gasteiger partial charge in [-0.3, -0.25) is 9.59 Å². The number of esters is 2. The van der Waals surface area contributed by atoms with Crippen molar-refractivity contribution in [3.8, 4) is 0 Å². The van der Waals surface area contributed by atoms with Crippen LogP contribution in [0.2, 0.25) is 0 Å². The van der Waals surface area contributed by atoms with E-state index in [1.165, 1.54) is 0 Å². The predicted octanol–water partition coefficient (Wildman–Crippen LogP) is 1.67. The SMILES string of the molecule is CC(C)OC(=O)C1(C(=O)OC(C)C)CC(CN)C1.Cl. The van der Waals surface area contributed by atoms with Gasteiger partial charge in [0, 0.05) is 0 Å². The molecule has 0 aromatic carbocycles. The van der Waals surface area contributed by atoms with Crippen molar-refractivity contribution in [2.45, 2.75) is 52.7 Å². The molecule has 112 valence electrons. The van der Waals surface area contributed by atoms with Gasteiger partial charge in [0.1, 0.15) is 0 Å². The molecule has 0 amide bonds. The van der Waals surface area contributed by atoms with Gasteiger partial charge in [0.2, 0.25) is 0 Å². The van der Waals surface area contributed by atoms with Crippen molar-refractivity contribution < 1.29 is 19.1 Å². The lowest BCUT2D eigenvalue weighted by atomic mass is 9.61. The molecule has 2 N–H and O–H groups in total. The number of hydrogen-bond acceptors (Lipinski definition) is 5. The first-order valence-corrected chi connectivity index (χ1v) is 6.44. The highest BCUT2D eigenvalue weighted by molar-refractivity contribution is 6.01. The van der Waals surface area contributed by atoms with E-state index in [9.17, 15) is 9.59 Å². The molecular weight excluding hydrogens is 270 g/mol. The van der Waals surface area contributed by atoms with E-state index in [2.05, 4.69) is 0 Å². The molecule has 19 heavy (non-hydrogen) atoms. The molecule has 1 aliphatic rings. The second-order valence-electron chi connectivity index (χ2n) is 5.50. The first-order chi connectivity index (χ1) is 8.31. The minimum atomic E-state index is -1.13. The van der Waals surface area contributed by atoms with E-state index in [4.69, 9.17) is 15.2 Å². The van der Waals surface area contributed by atoms with Crippen LogP contribution in [0.3, 0.4) is 0 Å². The molecule has 6 heteroatoms. The molecule has 1 saturated carbocycles. The third-order valence-electron chi connectivity index (χ3n) is 3.07. The second-order valence-corrected chi connectivity index (χ2v) is 5.50. The Bertz CT molecular complexity index is 301. The Morgan fingerprint density at radius 2 is 1.47 bits per heavy atom. The molecule has 0 aromatic rings. The van der Waals surface area contributed by atoms with Crippen LogP contribution >= 0.6 is 12.4 Å². The third kappa shape index (κ3) is 4.08. The molecule has 0 bridgehead atoms. The van der Waals surface area contributed by atoms with Crippen molar-refractivity contribution in [2.24, 2.45) is 17.1 Å². The summed E-state index contributed by atoms with van der Waals surface area (Å²) in [6.45, 7) is 7.53. The van der Waals surface area contributed by atoms with E-state index in [1.54, 1.807) is 27.7 Å². The highest BCUT2D eigenvalue weighted by Gasteiger charge is 2.58. The van der Waals surface area contributed by atoms with Gasteiger partial charge >= 0.3 is 11.9 Å². The second kappa shape index (κ2) is 7.10. The van der Waals surface area contributed by atoms with Crippen molar-refractivity contribution in [3.05, 3.63) is 0 Å². The number of nitrogens with two attached hydrogens (primary N) is 1. The Kier molecular flexibility index (Phi) is 6.80. The summed E-state index contributed by atoms with van der Waals surface area (Å²) < 4.78 is 10.3. The molecule has 5 nitrogen and oxygen atoms in total. The molecule has 0 aromatic heterocycles. The molecule has 0 aliphatic heterocycles. The maximum absolute atomic E-state index is 12.1. The monoisotopic (exact) mass is 293 g/mol. The molecule has 0 radical (unpaired) electrons. The van der Waals surface area contributed by atoms with Crippen LogP contribution in [0.25, 0.3) is 0 Å². The van der Waals surface area contributed by atoms with Crippen molar-refractivity contribution in [1.82, 2.24) is 0 Å². The fourth-order valence-electron chi connectivity index (χ4n) is 2.16. The number of ether oxygens (including phenoxy) is 2. The third-order valence-corrected chi connectivity index (χ3v) is 3.07. The van der Waals surface area contributed by atoms with Gasteiger partial charge in [-0.25, -0.2) is 0 Å². The largest absolute Gasteiger partial charge is 0.462 e. The molecule has 1 fully saturated rings. The van der Waals surface area contributed by atoms with Crippen LogP contribution < -0.4 is 5.73 Å². The van der Waals surface area contributed by atoms with Crippen LogP contribution in [-0.4, -0.2) is 30.7 Å². The van der Waals surface area contributed by atoms with Gasteiger partial charge in [-0.2, -0.15) is 0 Å². The summed E-state index contributed by atoms with van der Waals surface area (Å²) in [5, 5.41) is 0. The molecule has 0 heterocycles. The van der Waals surface area contributed by atoms with Crippen molar-refractivity contribution >= 4 is 24.3 Å². The van der Waals surface area contributed by atoms with Crippen LogP contribution in [0.4, 0.5) is 0 Å². The normalized spacial score (nSPS) is 17.6. The lowest BCUT2D eigenvalue weighted by Gasteiger charge is -2.43. The summed E-state index contributed by atoms with van der Waals surface area (Å²) in [5.74, 6) is -0.759. The molecule has 0 atom stereocenters. The highest BCUT2D eigenvalue weighted by atomic mass is 35.5. The van der Waals surface area contributed by atoms with Gasteiger partial charge in [-0.05, 0) is 53.0 Å². The van der Waals surface area contributed by atoms with Crippen LogP contribution in [0.15, 0.2) is 0 Å². The number of rotatable bonds is 5. The Morgan fingerprint density at radius 3 is 1.74 bits per heavy atom. The molecule has 1 aliphatic carbocycles. The van der Waals surface area contributed by atoms with Crippen molar-refractivity contribution in [2.75, 3.05) is 6.54 Å². The van der Waals surface area contributed by atoms with Gasteiger partial charge in [0.15, 0.2) is 5.41 Å². The number of hydrogen-bond donors (Lipinski definition) is 1. The maximum atomic E-state index is 12.1. The lowest BCUT2D eigenvalue weighted by molar-refractivity contribution is -0.188. The summed E-state index contributed by atoms with van der Waals surface area (Å²) in [4.78, 5) is 24.2. The summed E-state index contributed by atoms with van der Waals surface area (Å²) in [6, 6.07) is 0. The summed E-state index contributed by atoms with van der Waals surface area (Å²) >= 11 is 0. The average Bonchev–Trinajstić information content (AvgIpc) is 2.13. The minimum Gasteiger partial charge on any atom is -0.462 e. The molecule has 0 unspecified atom stereocenters. The zero-order valence-corrected chi connectivity index (χ0v) is 12.8. The van der Waals surface area contributed by atoms with Crippen molar-refractivity contribution in [1.29, 1.82) is 0 Å². The van der Waals surface area contributed by atoms with E-state index < -0.39 is 17.4 Å². The fourth-order valence-corrected chi connectivity index (χ4v) is 2.16. The smallest absolute Gasteiger partial charge is 0.323 e. The van der Waals surface area contributed by atoms with Gasteiger partial charge < -0.3 is 15.2 Å². The van der Waals surface area contributed by atoms with E-state index in [1.807, 2.05) is 0 Å². The first-order valence-electron chi connectivity index (χ1n) is 6.44. The van der Waals surface area contributed by atoms with Gasteiger partial charge in [-0.15, -0.1) is 12.4 Å². The molecule has 0 saturated heterocycles. The number of halogens is 1. The van der Waals surface area contributed by atoms with Gasteiger partial charge in [0.05, 0.1) is 12.2 Å². The Balaban J connectivity index is 0.00000324. The predicted molar refractivity (Wildman–Crippen MR) is 73.9 cm³/mol. The van der Waals surface area contributed by atoms with E-state index in [0.29, 0.717) is 19.4 Å². The zero-order chi connectivity index (χ0) is 13.9. The Hall–Kier alpha value is -0.810. The highest BCUT2D eigenvalue weighted by Crippen LogP contribution is 2.47. The topological polar surface area (TPSA) is 78.6 Å². The van der Waals surface area contributed by atoms with Crippen LogP contribution in [0, 0.1) is 11.3 Å². The fraction of sp³-hybridized carbons (Fsp3) is 0.846. The van der Waals surface area contributed by atoms with E-state index in [-0.39, 0.29) is 30.5 Å². The van der Waals surface area contributed by atoms with Gasteiger partial charge in [0.25, 0.3) is 0 Å².